The molecule has 0 radical (unpaired) electrons. The molecule has 2 saturated heterocycles. The van der Waals surface area contributed by atoms with Gasteiger partial charge in [0, 0.05) is 50.5 Å². The van der Waals surface area contributed by atoms with Gasteiger partial charge in [-0.15, -0.1) is 0 Å². The molecule has 1 aromatic carbocycles. The lowest BCUT2D eigenvalue weighted by molar-refractivity contribution is -0.147. The van der Waals surface area contributed by atoms with Crippen LogP contribution in [0.15, 0.2) is 18.2 Å². The van der Waals surface area contributed by atoms with Crippen LogP contribution in [0.1, 0.15) is 98.0 Å². The van der Waals surface area contributed by atoms with Gasteiger partial charge in [0.05, 0.1) is 6.54 Å². The number of amides is 8. The summed E-state index contributed by atoms with van der Waals surface area (Å²) in [5.74, 6) is -4.96. The van der Waals surface area contributed by atoms with Crippen molar-refractivity contribution in [3.63, 3.8) is 0 Å². The van der Waals surface area contributed by atoms with Gasteiger partial charge in [0.2, 0.25) is 47.3 Å². The number of nitrogens with one attached hydrogen (secondary N) is 5. The minimum Gasteiger partial charge on any atom is -0.354 e. The average molecular weight is 908 g/mol. The Labute approximate surface area is 372 Å². The molecule has 0 spiro atoms. The van der Waals surface area contributed by atoms with Gasteiger partial charge in [-0.3, -0.25) is 38.4 Å². The molecule has 8 amide bonds. The van der Waals surface area contributed by atoms with Crippen LogP contribution in [0, 0.1) is 11.8 Å². The van der Waals surface area contributed by atoms with Crippen molar-refractivity contribution in [1.82, 2.24) is 41.3 Å². The third-order valence-electron chi connectivity index (χ3n) is 12.2. The Balaban J connectivity index is 1.41. The second kappa shape index (κ2) is 19.9. The van der Waals surface area contributed by atoms with E-state index >= 15 is 0 Å². The van der Waals surface area contributed by atoms with Crippen LogP contribution in [0.2, 0.25) is 10.0 Å². The molecule has 6 atom stereocenters. The number of likely N-dealkylation sites (tertiary alicyclic amines) is 1. The minimum atomic E-state index is -1.49. The van der Waals surface area contributed by atoms with Gasteiger partial charge in [0.25, 0.3) is 0 Å². The summed E-state index contributed by atoms with van der Waals surface area (Å²) in [7, 11) is 2.88. The standard InChI is InChI=1S/C43H61Cl2FN8O8/c1-23(2)18-30-38(59)53(7)32(20-26-19-27(44)13-14-29(26)45)37(58)51-42(4,5)40(61)47-17-9-8-10-31(35(56)48-30)52(6)39(60)34(25-11-12-25)49-36(57)33-21-28(46)22-54(33)41(62)43(15-16-43)50-24(3)55/h13-14,19,23,25,28,30-34H,8-12,15-18,20-22H2,1-7H3,(H,47,61)(H,48,56)(H,49,57)(H,50,55)(H,51,58)/t28-,30+,31+,32+,33+,34+/m1/s1. The van der Waals surface area contributed by atoms with Gasteiger partial charge in [-0.25, -0.2) is 4.39 Å². The van der Waals surface area contributed by atoms with Crippen molar-refractivity contribution < 1.29 is 42.7 Å². The van der Waals surface area contributed by atoms with Crippen LogP contribution in [0.5, 0.6) is 0 Å². The molecule has 2 heterocycles. The van der Waals surface area contributed by atoms with Crippen molar-refractivity contribution in [1.29, 1.82) is 0 Å². The number of benzene rings is 1. The highest BCUT2D eigenvalue weighted by Crippen LogP contribution is 2.40. The van der Waals surface area contributed by atoms with Gasteiger partial charge in [-0.1, -0.05) is 37.0 Å². The first kappa shape index (κ1) is 48.5. The van der Waals surface area contributed by atoms with Crippen LogP contribution in [0.4, 0.5) is 4.39 Å². The predicted octanol–water partition coefficient (Wildman–Crippen LogP) is 2.42. The SMILES string of the molecule is CC(=O)NC1(C(=O)N2C[C@H](F)C[C@H]2C(=O)N[C@H](C(=O)N(C)[C@H]2CCCCNC(=O)C(C)(C)NC(=O)[C@H](Cc3cc(Cl)ccc3Cl)N(C)C(=O)[C@H](CC(C)C)NC2=O)C2CC2)CC1. The Morgan fingerprint density at radius 2 is 1.69 bits per heavy atom. The average Bonchev–Trinajstić information content (AvgIpc) is 4.14. The lowest BCUT2D eigenvalue weighted by atomic mass is 9.97. The Morgan fingerprint density at radius 1 is 1.02 bits per heavy atom. The minimum absolute atomic E-state index is 0.0728. The molecule has 2 aliphatic heterocycles. The molecule has 4 aliphatic rings. The van der Waals surface area contributed by atoms with E-state index in [1.807, 2.05) is 13.8 Å². The van der Waals surface area contributed by atoms with Crippen LogP contribution in [0.3, 0.4) is 0 Å². The van der Waals surface area contributed by atoms with Crippen LogP contribution in [0.25, 0.3) is 0 Å². The normalized spacial score (nSPS) is 26.2. The van der Waals surface area contributed by atoms with Crippen molar-refractivity contribution in [2.75, 3.05) is 27.2 Å². The summed E-state index contributed by atoms with van der Waals surface area (Å²) in [6, 6.07) is -1.03. The molecule has 62 heavy (non-hydrogen) atoms. The molecule has 2 saturated carbocycles. The third-order valence-corrected chi connectivity index (χ3v) is 12.8. The quantitative estimate of drug-likeness (QED) is 0.223. The van der Waals surface area contributed by atoms with E-state index in [-0.39, 0.29) is 50.6 Å². The second-order valence-electron chi connectivity index (χ2n) is 18.3. The van der Waals surface area contributed by atoms with Gasteiger partial charge in [0.15, 0.2) is 0 Å². The Hall–Kier alpha value is -4.51. The molecule has 1 aromatic rings. The zero-order chi connectivity index (χ0) is 45.8. The van der Waals surface area contributed by atoms with E-state index in [2.05, 4.69) is 26.6 Å². The largest absolute Gasteiger partial charge is 0.354 e. The smallest absolute Gasteiger partial charge is 0.249 e. The lowest BCUT2D eigenvalue weighted by Gasteiger charge is -2.36. The summed E-state index contributed by atoms with van der Waals surface area (Å²) in [6.07, 6.45) is 1.17. The molecule has 4 fully saturated rings. The van der Waals surface area contributed by atoms with E-state index in [9.17, 15) is 42.7 Å². The van der Waals surface area contributed by atoms with E-state index in [4.69, 9.17) is 23.2 Å². The van der Waals surface area contributed by atoms with Crippen molar-refractivity contribution in [3.8, 4) is 0 Å². The molecular weight excluding hydrogens is 846 g/mol. The maximum Gasteiger partial charge on any atom is 0.249 e. The van der Waals surface area contributed by atoms with Crippen LogP contribution in [-0.4, -0.2) is 137 Å². The molecule has 19 heteroatoms. The van der Waals surface area contributed by atoms with E-state index < -0.39 is 94.7 Å². The number of hydrogen-bond donors (Lipinski definition) is 5. The third kappa shape index (κ3) is 11.7. The summed E-state index contributed by atoms with van der Waals surface area (Å²) in [5.41, 5.74) is -2.10. The summed E-state index contributed by atoms with van der Waals surface area (Å²) < 4.78 is 14.9. The van der Waals surface area contributed by atoms with Crippen molar-refractivity contribution >= 4 is 70.5 Å². The first-order valence-electron chi connectivity index (χ1n) is 21.5. The first-order chi connectivity index (χ1) is 29.0. The topological polar surface area (TPSA) is 206 Å². The number of alkyl halides is 1. The summed E-state index contributed by atoms with van der Waals surface area (Å²) in [6.45, 7) is 8.00. The molecule has 0 aromatic heterocycles. The summed E-state index contributed by atoms with van der Waals surface area (Å²) >= 11 is 12.8. The lowest BCUT2D eigenvalue weighted by Crippen LogP contribution is -2.62. The summed E-state index contributed by atoms with van der Waals surface area (Å²) in [4.78, 5) is 114. The van der Waals surface area contributed by atoms with Gasteiger partial charge in [-0.2, -0.15) is 0 Å². The summed E-state index contributed by atoms with van der Waals surface area (Å²) in [5, 5.41) is 14.6. The number of hydrogen-bond acceptors (Lipinski definition) is 8. The fourth-order valence-electron chi connectivity index (χ4n) is 8.33. The number of nitrogens with zero attached hydrogens (tertiary/aromatic N) is 3. The first-order valence-corrected chi connectivity index (χ1v) is 22.2. The molecular formula is C43H61Cl2FN8O8. The Bertz CT molecular complexity index is 1930. The van der Waals surface area contributed by atoms with Crippen molar-refractivity contribution in [2.45, 2.75) is 146 Å². The van der Waals surface area contributed by atoms with Gasteiger partial charge in [-0.05, 0) is 101 Å². The van der Waals surface area contributed by atoms with E-state index in [0.717, 1.165) is 4.90 Å². The molecule has 0 bridgehead atoms. The van der Waals surface area contributed by atoms with E-state index in [1.54, 1.807) is 32.0 Å². The zero-order valence-corrected chi connectivity index (χ0v) is 38.1. The fourth-order valence-corrected chi connectivity index (χ4v) is 8.72. The van der Waals surface area contributed by atoms with E-state index in [0.29, 0.717) is 54.1 Å². The molecule has 16 nitrogen and oxygen atoms in total. The molecule has 2 aliphatic carbocycles. The van der Waals surface area contributed by atoms with E-state index in [1.165, 1.54) is 30.8 Å². The van der Waals surface area contributed by atoms with Crippen LogP contribution in [-0.2, 0) is 44.8 Å². The fraction of sp³-hybridized carbons (Fsp3) is 0.674. The second-order valence-corrected chi connectivity index (χ2v) is 19.2. The monoisotopic (exact) mass is 906 g/mol. The number of likely N-dealkylation sites (N-methyl/N-ethyl adjacent to an activating group) is 2. The highest BCUT2D eigenvalue weighted by atomic mass is 35.5. The van der Waals surface area contributed by atoms with Crippen LogP contribution < -0.4 is 26.6 Å². The highest BCUT2D eigenvalue weighted by molar-refractivity contribution is 6.33. The van der Waals surface area contributed by atoms with Crippen molar-refractivity contribution in [2.24, 2.45) is 11.8 Å². The highest BCUT2D eigenvalue weighted by Gasteiger charge is 2.56. The van der Waals surface area contributed by atoms with Crippen molar-refractivity contribution in [3.05, 3.63) is 33.8 Å². The van der Waals surface area contributed by atoms with Gasteiger partial charge < -0.3 is 41.3 Å². The number of carbonyl (C=O) groups excluding carboxylic acids is 8. The Kier molecular flexibility index (Phi) is 15.6. The molecule has 342 valence electrons. The van der Waals surface area contributed by atoms with Gasteiger partial charge in [0.1, 0.15) is 47.5 Å². The van der Waals surface area contributed by atoms with Gasteiger partial charge >= 0.3 is 0 Å². The van der Waals surface area contributed by atoms with Crippen LogP contribution >= 0.6 is 23.2 Å². The molecule has 5 N–H and O–H groups in total. The zero-order valence-electron chi connectivity index (χ0n) is 36.6. The Morgan fingerprint density at radius 3 is 2.31 bits per heavy atom. The number of halogens is 3. The molecule has 0 unspecified atom stereocenters. The number of carbonyl (C=O) groups is 8. The number of rotatable bonds is 11. The molecule has 5 rings (SSSR count). The maximum atomic E-state index is 14.9. The predicted molar refractivity (Wildman–Crippen MR) is 229 cm³/mol. The maximum absolute atomic E-state index is 14.9.